The molecule has 2 aliphatic rings. The molecule has 2 aliphatic heterocycles. The molecule has 0 unspecified atom stereocenters. The number of β-lactam (4-membered cyclic amide) rings is 1. The summed E-state index contributed by atoms with van der Waals surface area (Å²) in [7, 11) is -3.55. The van der Waals surface area contributed by atoms with Gasteiger partial charge in [-0.1, -0.05) is 42.2 Å². The van der Waals surface area contributed by atoms with Gasteiger partial charge in [0.1, 0.15) is 25.3 Å². The number of carbonyl (C=O) groups is 2. The second-order valence-corrected chi connectivity index (χ2v) is 19.0. The number of amides is 1. The molecular weight excluding hydrogens is 459 g/mol. The molecule has 0 bridgehead atoms. The fraction of sp³-hybridized carbons (Fsp3) is 0.714. The molecule has 1 amide bonds. The van der Waals surface area contributed by atoms with Crippen LogP contribution >= 0.6 is 34.4 Å². The Morgan fingerprint density at radius 1 is 1.35 bits per heavy atom. The van der Waals surface area contributed by atoms with Crippen LogP contribution in [0.4, 0.5) is 0 Å². The van der Waals surface area contributed by atoms with Gasteiger partial charge in [0, 0.05) is 10.2 Å². The summed E-state index contributed by atoms with van der Waals surface area (Å²) >= 11 is 4.00. The largest absolute Gasteiger partial charge is 0.515 e. The van der Waals surface area contributed by atoms with Crippen LogP contribution in [0.25, 0.3) is 0 Å². The van der Waals surface area contributed by atoms with Crippen molar-refractivity contribution in [3.8, 4) is 0 Å². The number of hydrogen-bond acceptors (Lipinski definition) is 5. The van der Waals surface area contributed by atoms with E-state index < -0.39 is 16.6 Å². The molecule has 9 heteroatoms. The van der Waals surface area contributed by atoms with E-state index in [-0.39, 0.29) is 23.3 Å². The fourth-order valence-corrected chi connectivity index (χ4v) is 6.90. The molecule has 1 saturated heterocycles. The molecule has 5 nitrogen and oxygen atoms in total. The molecular formula is C14H25IN2O3SSi2. The van der Waals surface area contributed by atoms with Gasteiger partial charge in [0.2, 0.25) is 14.2 Å². The molecule has 130 valence electrons. The molecule has 23 heavy (non-hydrogen) atoms. The summed E-state index contributed by atoms with van der Waals surface area (Å²) in [6.45, 7) is 12.5. The average molecular weight is 485 g/mol. The predicted octanol–water partition coefficient (Wildman–Crippen LogP) is 2.76. The first kappa shape index (κ1) is 19.5. The number of thioether (sulfide) groups is 1. The maximum atomic E-state index is 12.7. The van der Waals surface area contributed by atoms with Gasteiger partial charge in [-0.2, -0.15) is 0 Å². The van der Waals surface area contributed by atoms with Crippen LogP contribution in [0, 0.1) is 0 Å². The van der Waals surface area contributed by atoms with Crippen LogP contribution in [0.15, 0.2) is 11.3 Å². The summed E-state index contributed by atoms with van der Waals surface area (Å²) in [5.74, 6) is 0.479. The van der Waals surface area contributed by atoms with E-state index in [1.807, 2.05) is 19.6 Å². The molecule has 0 aromatic heterocycles. The van der Waals surface area contributed by atoms with Gasteiger partial charge < -0.3 is 9.41 Å². The van der Waals surface area contributed by atoms with Crippen LogP contribution in [0.5, 0.6) is 0 Å². The highest BCUT2D eigenvalue weighted by Crippen LogP contribution is 2.41. The zero-order valence-corrected chi connectivity index (χ0v) is 19.5. The van der Waals surface area contributed by atoms with E-state index in [1.54, 1.807) is 16.7 Å². The summed E-state index contributed by atoms with van der Waals surface area (Å²) in [5, 5.41) is 0.0186. The number of nitrogens with zero attached hydrogens (tertiary/aromatic N) is 1. The summed E-state index contributed by atoms with van der Waals surface area (Å²) in [5.41, 5.74) is 1.51. The van der Waals surface area contributed by atoms with Gasteiger partial charge >= 0.3 is 5.97 Å². The van der Waals surface area contributed by atoms with Crippen molar-refractivity contribution < 1.29 is 14.0 Å². The number of halogens is 1. The molecule has 0 radical (unpaired) electrons. The van der Waals surface area contributed by atoms with Crippen LogP contribution in [-0.2, 0) is 14.0 Å². The van der Waals surface area contributed by atoms with E-state index in [0.29, 0.717) is 5.70 Å². The Kier molecular flexibility index (Phi) is 5.77. The first-order valence-corrected chi connectivity index (χ1v) is 17.2. The fourth-order valence-electron chi connectivity index (χ4n) is 2.57. The third-order valence-electron chi connectivity index (χ3n) is 3.39. The molecule has 0 spiro atoms. The highest BCUT2D eigenvalue weighted by Gasteiger charge is 2.54. The van der Waals surface area contributed by atoms with Crippen LogP contribution in [0.2, 0.25) is 39.3 Å². The third kappa shape index (κ3) is 4.41. The SMILES string of the molecule is C[Si](C)(C)N[C@@H]1C(=O)N2C(C(=O)O[Si](C)(C)C)=C(CI)CS[C@H]12. The lowest BCUT2D eigenvalue weighted by Crippen LogP contribution is -2.73. The number of nitrogens with one attached hydrogen (secondary N) is 1. The third-order valence-corrected chi connectivity index (χ3v) is 7.62. The van der Waals surface area contributed by atoms with E-state index >= 15 is 0 Å². The van der Waals surface area contributed by atoms with Crippen molar-refractivity contribution in [2.45, 2.75) is 50.7 Å². The minimum atomic E-state index is -1.99. The lowest BCUT2D eigenvalue weighted by atomic mass is 10.0. The van der Waals surface area contributed by atoms with Crippen LogP contribution in [-0.4, -0.2) is 54.9 Å². The Labute approximate surface area is 158 Å². The Bertz CT molecular complexity index is 557. The Hall–Kier alpha value is 0.154. The zero-order chi connectivity index (χ0) is 17.6. The number of fused-ring (bicyclic) bond motifs is 1. The monoisotopic (exact) mass is 484 g/mol. The molecule has 2 heterocycles. The van der Waals surface area contributed by atoms with Crippen LogP contribution in [0.1, 0.15) is 0 Å². The Morgan fingerprint density at radius 3 is 2.43 bits per heavy atom. The van der Waals surface area contributed by atoms with Gasteiger partial charge in [0.15, 0.2) is 0 Å². The highest BCUT2D eigenvalue weighted by molar-refractivity contribution is 14.1. The van der Waals surface area contributed by atoms with Crippen molar-refractivity contribution in [1.29, 1.82) is 0 Å². The van der Waals surface area contributed by atoms with Crippen molar-refractivity contribution in [3.05, 3.63) is 11.3 Å². The van der Waals surface area contributed by atoms with Gasteiger partial charge in [-0.05, 0) is 25.2 Å². The first-order valence-electron chi connectivity index (χ1n) is 7.68. The highest BCUT2D eigenvalue weighted by atomic mass is 127. The maximum Gasteiger partial charge on any atom is 0.341 e. The summed E-state index contributed by atoms with van der Waals surface area (Å²) in [6.07, 6.45) is 0. The number of hydrogen-bond donors (Lipinski definition) is 1. The molecule has 0 aromatic carbocycles. The first-order chi connectivity index (χ1) is 10.4. The molecule has 0 aliphatic carbocycles. The van der Waals surface area contributed by atoms with Gasteiger partial charge in [-0.3, -0.25) is 9.69 Å². The van der Waals surface area contributed by atoms with E-state index in [1.165, 1.54) is 0 Å². The number of carbonyl (C=O) groups excluding carboxylic acids is 2. The van der Waals surface area contributed by atoms with E-state index in [9.17, 15) is 9.59 Å². The minimum Gasteiger partial charge on any atom is -0.515 e. The van der Waals surface area contributed by atoms with Crippen molar-refractivity contribution in [3.63, 3.8) is 0 Å². The van der Waals surface area contributed by atoms with Gasteiger partial charge in [-0.25, -0.2) is 4.79 Å². The summed E-state index contributed by atoms with van der Waals surface area (Å²) in [6, 6.07) is -0.169. The van der Waals surface area contributed by atoms with Crippen molar-refractivity contribution in [1.82, 2.24) is 9.88 Å². The normalized spacial score (nSPS) is 25.2. The van der Waals surface area contributed by atoms with E-state index in [4.69, 9.17) is 4.43 Å². The van der Waals surface area contributed by atoms with Gasteiger partial charge in [0.05, 0.1) is 0 Å². The summed E-state index contributed by atoms with van der Waals surface area (Å²) < 4.78 is 6.41. The molecule has 0 aromatic rings. The molecule has 1 fully saturated rings. The van der Waals surface area contributed by atoms with E-state index in [0.717, 1.165) is 15.8 Å². The predicted molar refractivity (Wildman–Crippen MR) is 109 cm³/mol. The second kappa shape index (κ2) is 6.81. The molecule has 2 atom stereocenters. The minimum absolute atomic E-state index is 0.00880. The lowest BCUT2D eigenvalue weighted by molar-refractivity contribution is -0.147. The number of rotatable bonds is 5. The molecule has 2 rings (SSSR count). The average Bonchev–Trinajstić information content (AvgIpc) is 2.40. The van der Waals surface area contributed by atoms with Crippen molar-refractivity contribution in [2.24, 2.45) is 0 Å². The Balaban J connectivity index is 2.25. The van der Waals surface area contributed by atoms with Gasteiger partial charge in [-0.15, -0.1) is 11.8 Å². The molecule has 0 saturated carbocycles. The maximum absolute atomic E-state index is 12.7. The van der Waals surface area contributed by atoms with E-state index in [2.05, 4.69) is 47.2 Å². The van der Waals surface area contributed by atoms with Gasteiger partial charge in [0.25, 0.3) is 0 Å². The van der Waals surface area contributed by atoms with Crippen LogP contribution < -0.4 is 4.98 Å². The quantitative estimate of drug-likeness (QED) is 0.282. The smallest absolute Gasteiger partial charge is 0.341 e. The zero-order valence-electron chi connectivity index (χ0n) is 14.5. The standard InChI is InChI=1S/C14H25IN2O3SSi2/c1-22(2,3)16-10-12(18)17-11(14(19)20-23(4,5)6)9(7-15)8-21-13(10)17/h10,13,16H,7-8H2,1-6H3/t10-,13-/m1/s1. The van der Waals surface area contributed by atoms with Crippen LogP contribution in [0.3, 0.4) is 0 Å². The number of alkyl halides is 1. The second-order valence-electron chi connectivity index (χ2n) is 7.87. The summed E-state index contributed by atoms with van der Waals surface area (Å²) in [4.78, 5) is 30.5. The lowest BCUT2D eigenvalue weighted by Gasteiger charge is -2.51. The Morgan fingerprint density at radius 2 is 1.96 bits per heavy atom. The van der Waals surface area contributed by atoms with Crippen molar-refractivity contribution in [2.75, 3.05) is 10.2 Å². The molecule has 1 N–H and O–H groups in total. The topological polar surface area (TPSA) is 58.6 Å². The van der Waals surface area contributed by atoms with Crippen molar-refractivity contribution >= 4 is 62.8 Å².